The van der Waals surface area contributed by atoms with Crippen molar-refractivity contribution in [3.63, 3.8) is 0 Å². The van der Waals surface area contributed by atoms with E-state index in [0.29, 0.717) is 11.3 Å². The number of hydrogen-bond donors (Lipinski definition) is 6. The molecule has 0 bridgehead atoms. The number of imidazole rings is 1. The minimum atomic E-state index is -4.28. The minimum absolute atomic E-state index is 0.0645. The van der Waals surface area contributed by atoms with Gasteiger partial charge in [0.05, 0.1) is 31.7 Å². The molecular weight excluding hydrogens is 703 g/mol. The molecule has 4 aromatic rings. The molecule has 0 radical (unpaired) electrons. The Morgan fingerprint density at radius 3 is 2.56 bits per heavy atom. The van der Waals surface area contributed by atoms with Crippen LogP contribution >= 0.6 is 49.4 Å². The molecule has 244 valence electrons. The van der Waals surface area contributed by atoms with Crippen LogP contribution in [0.15, 0.2) is 22.2 Å². The molecule has 45 heavy (non-hydrogen) atoms. The molecule has 4 aromatic heterocycles. The fourth-order valence-corrected chi connectivity index (χ4v) is 7.90. The maximum atomic E-state index is 15.0. The Bertz CT molecular complexity index is 1970. The molecular formula is C20H24FN9O10P2S3. The summed E-state index contributed by atoms with van der Waals surface area (Å²) in [6, 6.07) is 0. The molecule has 2 aliphatic heterocycles. The van der Waals surface area contributed by atoms with Crippen LogP contribution in [0.1, 0.15) is 25.3 Å². The van der Waals surface area contributed by atoms with Crippen molar-refractivity contribution in [1.29, 1.82) is 0 Å². The van der Waals surface area contributed by atoms with Gasteiger partial charge in [-0.15, -0.1) is 0 Å². The molecule has 25 heteroatoms. The molecule has 6 rings (SSSR count). The van der Waals surface area contributed by atoms with Crippen molar-refractivity contribution >= 4 is 82.7 Å². The van der Waals surface area contributed by atoms with E-state index in [1.807, 2.05) is 0 Å². The fraction of sp³-hybridized carbons (Fsp3) is 0.500. The first-order valence-electron chi connectivity index (χ1n) is 12.8. The van der Waals surface area contributed by atoms with E-state index in [2.05, 4.69) is 49.4 Å². The van der Waals surface area contributed by atoms with Gasteiger partial charge in [-0.25, -0.2) is 28.5 Å². The van der Waals surface area contributed by atoms with Crippen LogP contribution in [-0.4, -0.2) is 76.6 Å². The lowest BCUT2D eigenvalue weighted by molar-refractivity contribution is -0.0476. The van der Waals surface area contributed by atoms with Gasteiger partial charge >= 0.3 is 18.5 Å². The number of fused-ring (bicyclic) bond motifs is 2. The zero-order valence-electron chi connectivity index (χ0n) is 22.5. The van der Waals surface area contributed by atoms with Crippen molar-refractivity contribution < 1.29 is 41.5 Å². The number of nitrogens with zero attached hydrogens (tertiary/aromatic N) is 6. The van der Waals surface area contributed by atoms with Gasteiger partial charge in [-0.1, -0.05) is 35.8 Å². The Morgan fingerprint density at radius 1 is 1.09 bits per heavy atom. The van der Waals surface area contributed by atoms with Crippen molar-refractivity contribution in [2.24, 2.45) is 0 Å². The second kappa shape index (κ2) is 12.3. The summed E-state index contributed by atoms with van der Waals surface area (Å²) < 4.78 is 69.9. The molecule has 6 N–H and O–H groups in total. The third-order valence-electron chi connectivity index (χ3n) is 6.80. The Balaban J connectivity index is 1.18. The number of nitrogens with one attached hydrogen (secondary N) is 1. The number of ether oxygens (including phenoxy) is 2. The van der Waals surface area contributed by atoms with Gasteiger partial charge in [0.1, 0.15) is 28.8 Å². The average molecular weight is 728 g/mol. The molecule has 2 fully saturated rings. The summed E-state index contributed by atoms with van der Waals surface area (Å²) in [5.74, 6) is -0.169. The number of aromatic amines is 1. The van der Waals surface area contributed by atoms with E-state index in [-0.39, 0.29) is 46.1 Å². The summed E-state index contributed by atoms with van der Waals surface area (Å²) >= 11 is 8.08. The largest absolute Gasteiger partial charge is 0.386 e. The normalized spacial score (nSPS) is 28.1. The maximum absolute atomic E-state index is 15.0. The molecule has 19 nitrogen and oxygen atoms in total. The standard InChI is InChI=1S/C20H24FN9O10P2S3/c21-9-1-7(38-17(9)29-6-26-11-13(22)24-5-25-14(11)29)4-37-42(35,44)40-10-2-8(3-36-41(33,34)43)39-18(10)30-15-12(45-20(30)32)16(31)28-19(23)27-15/h5-10,17-18H,1-4H2,(H,35,44)(H2,22,24,25)(H2,33,34,43)(H3,23,27,28,31)/t7-,8-,9+,10+,17+,18+,42-/m0/s1. The van der Waals surface area contributed by atoms with Gasteiger partial charge in [0.2, 0.25) is 5.95 Å². The molecule has 0 unspecified atom stereocenters. The smallest absolute Gasteiger partial charge is 0.382 e. The third-order valence-corrected chi connectivity index (χ3v) is 10.2. The number of rotatable bonds is 10. The Morgan fingerprint density at radius 2 is 1.80 bits per heavy atom. The van der Waals surface area contributed by atoms with E-state index in [9.17, 15) is 23.6 Å². The SMILES string of the molecule is Nc1nc2c(sc(=O)n2[C@@H]2O[C@H](CO[P@@](=O)(O)S)C[C@H]2O[P@@](=O)(S)OC[C@@H]2C[C@@H](F)[C@H](n3cnc4c(N)ncnc43)O2)c(=O)[nH]1. The number of alkyl halides is 1. The first-order chi connectivity index (χ1) is 21.2. The van der Waals surface area contributed by atoms with Crippen molar-refractivity contribution in [2.45, 2.75) is 49.8 Å². The summed E-state index contributed by atoms with van der Waals surface area (Å²) in [5, 5.41) is 0. The third kappa shape index (κ3) is 6.84. The van der Waals surface area contributed by atoms with Crippen molar-refractivity contribution in [1.82, 2.24) is 34.1 Å². The van der Waals surface area contributed by atoms with Crippen LogP contribution in [0.3, 0.4) is 0 Å². The van der Waals surface area contributed by atoms with Crippen LogP contribution in [0.5, 0.6) is 0 Å². The summed E-state index contributed by atoms with van der Waals surface area (Å²) in [5.41, 5.74) is 11.2. The highest BCUT2D eigenvalue weighted by atomic mass is 32.7. The van der Waals surface area contributed by atoms with Crippen LogP contribution in [-0.2, 0) is 32.2 Å². The van der Waals surface area contributed by atoms with Gasteiger partial charge < -0.3 is 25.8 Å². The number of aromatic nitrogens is 7. The summed E-state index contributed by atoms with van der Waals surface area (Å²) in [4.78, 5) is 52.4. The Hall–Kier alpha value is -2.43. The highest BCUT2D eigenvalue weighted by molar-refractivity contribution is 8.44. The van der Waals surface area contributed by atoms with Crippen LogP contribution in [0.25, 0.3) is 21.5 Å². The maximum Gasteiger partial charge on any atom is 0.386 e. The van der Waals surface area contributed by atoms with E-state index in [1.54, 1.807) is 0 Å². The minimum Gasteiger partial charge on any atom is -0.382 e. The molecule has 8 atom stereocenters. The van der Waals surface area contributed by atoms with E-state index in [4.69, 9.17) is 34.5 Å². The predicted molar refractivity (Wildman–Crippen MR) is 163 cm³/mol. The zero-order valence-corrected chi connectivity index (χ0v) is 26.9. The van der Waals surface area contributed by atoms with Crippen LogP contribution < -0.4 is 21.9 Å². The lowest BCUT2D eigenvalue weighted by atomic mass is 10.2. The second-order valence-corrected chi connectivity index (χ2v) is 16.5. The molecule has 0 aliphatic carbocycles. The number of nitrogens with two attached hydrogens (primary N) is 2. The van der Waals surface area contributed by atoms with E-state index in [0.717, 1.165) is 4.57 Å². The molecule has 6 heterocycles. The summed E-state index contributed by atoms with van der Waals surface area (Å²) in [7, 11) is 0. The lowest BCUT2D eigenvalue weighted by Crippen LogP contribution is -2.29. The topological polar surface area (TPSA) is 264 Å². The number of anilines is 2. The molecule has 2 aliphatic rings. The van der Waals surface area contributed by atoms with E-state index >= 15 is 4.39 Å². The van der Waals surface area contributed by atoms with Gasteiger partial charge in [0, 0.05) is 12.8 Å². The molecule has 0 saturated carbocycles. The van der Waals surface area contributed by atoms with Gasteiger partial charge in [0.15, 0.2) is 29.6 Å². The predicted octanol–water partition coefficient (Wildman–Crippen LogP) is 1.55. The number of nitrogen functional groups attached to an aromatic ring is 2. The quantitative estimate of drug-likeness (QED) is 0.1000. The van der Waals surface area contributed by atoms with E-state index in [1.165, 1.54) is 17.2 Å². The summed E-state index contributed by atoms with van der Waals surface area (Å²) in [6.45, 7) is -9.37. The number of thiol groups is 2. The average Bonchev–Trinajstić information content (AvgIpc) is 3.70. The first kappa shape index (κ1) is 32.5. The van der Waals surface area contributed by atoms with Gasteiger partial charge in [-0.05, 0) is 0 Å². The van der Waals surface area contributed by atoms with E-state index < -0.39 is 74.2 Å². The Kier molecular flexibility index (Phi) is 8.89. The monoisotopic (exact) mass is 727 g/mol. The fourth-order valence-electron chi connectivity index (χ4n) is 4.98. The molecule has 0 aromatic carbocycles. The van der Waals surface area contributed by atoms with Crippen LogP contribution in [0.4, 0.5) is 16.2 Å². The van der Waals surface area contributed by atoms with Crippen molar-refractivity contribution in [3.05, 3.63) is 32.7 Å². The van der Waals surface area contributed by atoms with Gasteiger partial charge in [-0.2, -0.15) is 4.98 Å². The molecule has 0 amide bonds. The number of halogens is 1. The molecule has 2 saturated heterocycles. The van der Waals surface area contributed by atoms with Crippen LogP contribution in [0.2, 0.25) is 0 Å². The second-order valence-electron chi connectivity index (χ2n) is 9.90. The van der Waals surface area contributed by atoms with Crippen LogP contribution in [0, 0.1) is 0 Å². The van der Waals surface area contributed by atoms with Gasteiger partial charge in [0.25, 0.3) is 5.56 Å². The summed E-state index contributed by atoms with van der Waals surface area (Å²) in [6.07, 6.45) is -4.89. The highest BCUT2D eigenvalue weighted by Gasteiger charge is 2.45. The highest BCUT2D eigenvalue weighted by Crippen LogP contribution is 2.57. The number of thiazole rings is 1. The lowest BCUT2D eigenvalue weighted by Gasteiger charge is -2.23. The zero-order chi connectivity index (χ0) is 32.3. The molecule has 0 spiro atoms. The van der Waals surface area contributed by atoms with Crippen molar-refractivity contribution in [3.8, 4) is 0 Å². The first-order valence-corrected chi connectivity index (χ1v) is 19.1. The number of hydrogen-bond acceptors (Lipinski definition) is 16. The Labute approximate surface area is 264 Å². The number of H-pyrrole nitrogens is 1. The van der Waals surface area contributed by atoms with Crippen molar-refractivity contribution in [2.75, 3.05) is 24.7 Å². The van der Waals surface area contributed by atoms with Gasteiger partial charge in [-0.3, -0.25) is 37.3 Å².